The summed E-state index contributed by atoms with van der Waals surface area (Å²) >= 11 is 0. The zero-order chi connectivity index (χ0) is 13.7. The van der Waals surface area contributed by atoms with Gasteiger partial charge < -0.3 is 14.4 Å². The summed E-state index contributed by atoms with van der Waals surface area (Å²) in [5, 5.41) is 0. The predicted octanol–water partition coefficient (Wildman–Crippen LogP) is 1.36. The van der Waals surface area contributed by atoms with Crippen molar-refractivity contribution in [1.82, 2.24) is 4.90 Å². The zero-order valence-corrected chi connectivity index (χ0v) is 11.6. The number of rotatable bonds is 3. The molecule has 0 saturated carbocycles. The first-order chi connectivity index (χ1) is 9.22. The number of amides is 1. The molecule has 0 aromatic heterocycles. The Bertz CT molecular complexity index is 325. The van der Waals surface area contributed by atoms with Gasteiger partial charge in [0, 0.05) is 19.7 Å². The Balaban J connectivity index is 1.89. The standard InChI is InChI=1S/C14H23NO4/c1-2-18-14(17)11-6-5-8-15(10-11)13(16)12-7-3-4-9-19-12/h11-12H,2-10H2,1H3/t11-,12?/m1/s1. The lowest BCUT2D eigenvalue weighted by molar-refractivity contribution is -0.155. The summed E-state index contributed by atoms with van der Waals surface area (Å²) in [6.45, 7) is 4.09. The van der Waals surface area contributed by atoms with Crippen LogP contribution in [-0.2, 0) is 19.1 Å². The number of ether oxygens (including phenoxy) is 2. The minimum atomic E-state index is -0.297. The third-order valence-electron chi connectivity index (χ3n) is 3.81. The SMILES string of the molecule is CCOC(=O)[C@@H]1CCCN(C(=O)C2CCCCO2)C1. The Morgan fingerprint density at radius 3 is 2.79 bits per heavy atom. The van der Waals surface area contributed by atoms with Crippen LogP contribution in [0.3, 0.4) is 0 Å². The topological polar surface area (TPSA) is 55.8 Å². The molecule has 0 bridgehead atoms. The Morgan fingerprint density at radius 2 is 2.11 bits per heavy atom. The van der Waals surface area contributed by atoms with E-state index in [1.165, 1.54) is 0 Å². The van der Waals surface area contributed by atoms with Gasteiger partial charge in [0.1, 0.15) is 6.10 Å². The van der Waals surface area contributed by atoms with Gasteiger partial charge in [0.25, 0.3) is 5.91 Å². The van der Waals surface area contributed by atoms with Crippen LogP contribution in [0.1, 0.15) is 39.0 Å². The van der Waals surface area contributed by atoms with Gasteiger partial charge in [-0.05, 0) is 39.0 Å². The molecule has 5 nitrogen and oxygen atoms in total. The van der Waals surface area contributed by atoms with Crippen molar-refractivity contribution < 1.29 is 19.1 Å². The van der Waals surface area contributed by atoms with E-state index in [9.17, 15) is 9.59 Å². The molecule has 1 amide bonds. The second-order valence-corrected chi connectivity index (χ2v) is 5.23. The number of carbonyl (C=O) groups is 2. The molecule has 0 aromatic rings. The number of esters is 1. The number of piperidine rings is 1. The van der Waals surface area contributed by atoms with Gasteiger partial charge in [0.2, 0.25) is 0 Å². The second kappa shape index (κ2) is 6.89. The van der Waals surface area contributed by atoms with E-state index in [1.54, 1.807) is 11.8 Å². The van der Waals surface area contributed by atoms with Crippen molar-refractivity contribution in [3.63, 3.8) is 0 Å². The molecular formula is C14H23NO4. The minimum absolute atomic E-state index is 0.0497. The lowest BCUT2D eigenvalue weighted by Gasteiger charge is -2.34. The Kier molecular flexibility index (Phi) is 5.19. The fraction of sp³-hybridized carbons (Fsp3) is 0.857. The van der Waals surface area contributed by atoms with Crippen molar-refractivity contribution in [1.29, 1.82) is 0 Å². The highest BCUT2D eigenvalue weighted by atomic mass is 16.5. The quantitative estimate of drug-likeness (QED) is 0.726. The second-order valence-electron chi connectivity index (χ2n) is 5.23. The molecule has 2 heterocycles. The first kappa shape index (κ1) is 14.3. The minimum Gasteiger partial charge on any atom is -0.466 e. The third-order valence-corrected chi connectivity index (χ3v) is 3.81. The fourth-order valence-electron chi connectivity index (χ4n) is 2.77. The monoisotopic (exact) mass is 269 g/mol. The Morgan fingerprint density at radius 1 is 1.26 bits per heavy atom. The van der Waals surface area contributed by atoms with Crippen molar-refractivity contribution >= 4 is 11.9 Å². The molecule has 2 fully saturated rings. The summed E-state index contributed by atoms with van der Waals surface area (Å²) in [5.41, 5.74) is 0. The molecule has 2 aliphatic rings. The number of likely N-dealkylation sites (tertiary alicyclic amines) is 1. The first-order valence-electron chi connectivity index (χ1n) is 7.29. The van der Waals surface area contributed by atoms with Gasteiger partial charge in [-0.3, -0.25) is 9.59 Å². The van der Waals surface area contributed by atoms with Crippen LogP contribution >= 0.6 is 0 Å². The molecule has 2 rings (SSSR count). The highest BCUT2D eigenvalue weighted by Gasteiger charge is 2.33. The summed E-state index contributed by atoms with van der Waals surface area (Å²) in [7, 11) is 0. The Hall–Kier alpha value is -1.10. The van der Waals surface area contributed by atoms with Gasteiger partial charge in [0.05, 0.1) is 12.5 Å². The molecule has 19 heavy (non-hydrogen) atoms. The van der Waals surface area contributed by atoms with E-state index in [-0.39, 0.29) is 23.9 Å². The van der Waals surface area contributed by atoms with Crippen LogP contribution in [0.25, 0.3) is 0 Å². The summed E-state index contributed by atoms with van der Waals surface area (Å²) < 4.78 is 10.6. The zero-order valence-electron chi connectivity index (χ0n) is 11.6. The van der Waals surface area contributed by atoms with Crippen molar-refractivity contribution in [3.8, 4) is 0 Å². The van der Waals surface area contributed by atoms with E-state index in [2.05, 4.69) is 0 Å². The van der Waals surface area contributed by atoms with Crippen molar-refractivity contribution in [2.24, 2.45) is 5.92 Å². The van der Waals surface area contributed by atoms with Crippen LogP contribution in [0.4, 0.5) is 0 Å². The highest BCUT2D eigenvalue weighted by molar-refractivity contribution is 5.82. The summed E-state index contributed by atoms with van der Waals surface area (Å²) in [6.07, 6.45) is 4.27. The van der Waals surface area contributed by atoms with E-state index in [4.69, 9.17) is 9.47 Å². The molecule has 2 atom stereocenters. The Labute approximate surface area is 114 Å². The van der Waals surface area contributed by atoms with Crippen LogP contribution in [-0.4, -0.2) is 49.2 Å². The molecule has 5 heteroatoms. The summed E-state index contributed by atoms with van der Waals surface area (Å²) in [4.78, 5) is 25.9. The van der Waals surface area contributed by atoms with Crippen LogP contribution in [0, 0.1) is 5.92 Å². The van der Waals surface area contributed by atoms with Gasteiger partial charge in [0.15, 0.2) is 0 Å². The van der Waals surface area contributed by atoms with E-state index >= 15 is 0 Å². The van der Waals surface area contributed by atoms with E-state index in [1.807, 2.05) is 0 Å². The number of nitrogens with zero attached hydrogens (tertiary/aromatic N) is 1. The van der Waals surface area contributed by atoms with E-state index in [0.717, 1.165) is 38.6 Å². The van der Waals surface area contributed by atoms with Gasteiger partial charge in [-0.15, -0.1) is 0 Å². The van der Waals surface area contributed by atoms with Gasteiger partial charge in [-0.25, -0.2) is 0 Å². The van der Waals surface area contributed by atoms with Crippen LogP contribution in [0.2, 0.25) is 0 Å². The van der Waals surface area contributed by atoms with Crippen molar-refractivity contribution in [3.05, 3.63) is 0 Å². The van der Waals surface area contributed by atoms with Crippen molar-refractivity contribution in [2.75, 3.05) is 26.3 Å². The summed E-state index contributed by atoms with van der Waals surface area (Å²) in [6, 6.07) is 0. The normalized spacial score (nSPS) is 27.9. The van der Waals surface area contributed by atoms with Crippen LogP contribution in [0.5, 0.6) is 0 Å². The number of hydrogen-bond acceptors (Lipinski definition) is 4. The summed E-state index contributed by atoms with van der Waals surface area (Å²) in [5.74, 6) is -0.292. The predicted molar refractivity (Wildman–Crippen MR) is 69.5 cm³/mol. The molecule has 2 aliphatic heterocycles. The molecular weight excluding hydrogens is 246 g/mol. The van der Waals surface area contributed by atoms with Gasteiger partial charge >= 0.3 is 5.97 Å². The first-order valence-corrected chi connectivity index (χ1v) is 7.29. The third kappa shape index (κ3) is 3.69. The van der Waals surface area contributed by atoms with Crippen LogP contribution < -0.4 is 0 Å². The lowest BCUT2D eigenvalue weighted by atomic mass is 9.97. The molecule has 2 saturated heterocycles. The molecule has 0 aliphatic carbocycles. The fourth-order valence-corrected chi connectivity index (χ4v) is 2.77. The van der Waals surface area contributed by atoms with E-state index < -0.39 is 0 Å². The largest absolute Gasteiger partial charge is 0.466 e. The van der Waals surface area contributed by atoms with Gasteiger partial charge in [-0.1, -0.05) is 0 Å². The molecule has 0 radical (unpaired) electrons. The maximum atomic E-state index is 12.3. The van der Waals surface area contributed by atoms with Crippen LogP contribution in [0.15, 0.2) is 0 Å². The smallest absolute Gasteiger partial charge is 0.310 e. The number of carbonyl (C=O) groups excluding carboxylic acids is 2. The molecule has 108 valence electrons. The lowest BCUT2D eigenvalue weighted by Crippen LogP contribution is -2.48. The van der Waals surface area contributed by atoms with Crippen molar-refractivity contribution in [2.45, 2.75) is 45.1 Å². The van der Waals surface area contributed by atoms with Gasteiger partial charge in [-0.2, -0.15) is 0 Å². The molecule has 0 aromatic carbocycles. The van der Waals surface area contributed by atoms with E-state index in [0.29, 0.717) is 19.8 Å². The maximum Gasteiger partial charge on any atom is 0.310 e. The maximum absolute atomic E-state index is 12.3. The highest BCUT2D eigenvalue weighted by Crippen LogP contribution is 2.21. The average Bonchev–Trinajstić information content (AvgIpc) is 2.48. The molecule has 0 N–H and O–H groups in total. The molecule has 1 unspecified atom stereocenters. The molecule has 0 spiro atoms. The number of hydrogen-bond donors (Lipinski definition) is 0. The average molecular weight is 269 g/mol.